The molecule has 1 aliphatic rings. The predicted octanol–water partition coefficient (Wildman–Crippen LogP) is 3.06. The van der Waals surface area contributed by atoms with Crippen LogP contribution in [0, 0.1) is 28.9 Å². The first kappa shape index (κ1) is 13.8. The predicted molar refractivity (Wildman–Crippen MR) is 67.7 cm³/mol. The molecule has 1 aromatic carbocycles. The summed E-state index contributed by atoms with van der Waals surface area (Å²) in [5, 5.41) is 11.5. The van der Waals surface area contributed by atoms with Crippen molar-refractivity contribution in [1.82, 2.24) is 0 Å². The Morgan fingerprint density at radius 3 is 2.42 bits per heavy atom. The van der Waals surface area contributed by atoms with Crippen molar-refractivity contribution in [3.8, 4) is 6.07 Å². The Morgan fingerprint density at radius 2 is 1.89 bits per heavy atom. The molecular formula is C14H16F2N2O. The van der Waals surface area contributed by atoms with E-state index in [2.05, 4.69) is 5.32 Å². The lowest BCUT2D eigenvalue weighted by Gasteiger charge is -2.29. The molecule has 3 nitrogen and oxygen atoms in total. The highest BCUT2D eigenvalue weighted by Crippen LogP contribution is 2.26. The van der Waals surface area contributed by atoms with Crippen LogP contribution in [0.1, 0.15) is 25.3 Å². The third kappa shape index (κ3) is 3.21. The van der Waals surface area contributed by atoms with Crippen molar-refractivity contribution in [3.63, 3.8) is 0 Å². The molecule has 0 radical (unpaired) electrons. The minimum Gasteiger partial charge on any atom is -0.381 e. The first-order chi connectivity index (χ1) is 9.11. The molecular weight excluding hydrogens is 250 g/mol. The lowest BCUT2D eigenvalue weighted by Crippen LogP contribution is -2.31. The van der Waals surface area contributed by atoms with Crippen LogP contribution in [0.15, 0.2) is 12.1 Å². The quantitative estimate of drug-likeness (QED) is 0.914. The highest BCUT2D eigenvalue weighted by molar-refractivity contribution is 5.51. The summed E-state index contributed by atoms with van der Waals surface area (Å²) in [5.41, 5.74) is -0.169. The highest BCUT2D eigenvalue weighted by atomic mass is 19.1. The second-order valence-corrected chi connectivity index (χ2v) is 4.81. The molecule has 0 aliphatic carbocycles. The van der Waals surface area contributed by atoms with Crippen LogP contribution in [0.2, 0.25) is 0 Å². The molecule has 1 atom stereocenters. The second-order valence-electron chi connectivity index (χ2n) is 4.81. The summed E-state index contributed by atoms with van der Waals surface area (Å²) in [6.45, 7) is 3.29. The molecule has 1 N–H and O–H groups in total. The van der Waals surface area contributed by atoms with Crippen LogP contribution in [-0.4, -0.2) is 19.3 Å². The van der Waals surface area contributed by atoms with Crippen LogP contribution in [0.5, 0.6) is 0 Å². The topological polar surface area (TPSA) is 45.0 Å². The Kier molecular flexibility index (Phi) is 4.33. The van der Waals surface area contributed by atoms with Crippen LogP contribution in [0.3, 0.4) is 0 Å². The van der Waals surface area contributed by atoms with E-state index in [-0.39, 0.29) is 17.3 Å². The van der Waals surface area contributed by atoms with E-state index in [4.69, 9.17) is 10.00 Å². The van der Waals surface area contributed by atoms with Gasteiger partial charge in [0, 0.05) is 19.3 Å². The fraction of sp³-hybridized carbons (Fsp3) is 0.500. The minimum absolute atomic E-state index is 0.0146. The van der Waals surface area contributed by atoms with E-state index in [1.165, 1.54) is 0 Å². The summed E-state index contributed by atoms with van der Waals surface area (Å²) in [4.78, 5) is 0. The fourth-order valence-corrected chi connectivity index (χ4v) is 2.34. The van der Waals surface area contributed by atoms with Gasteiger partial charge in [-0.15, -0.1) is 0 Å². The number of nitrogens with one attached hydrogen (secondary N) is 1. The summed E-state index contributed by atoms with van der Waals surface area (Å²) in [6, 6.07) is 3.77. The summed E-state index contributed by atoms with van der Waals surface area (Å²) in [7, 11) is 0. The Balaban J connectivity index is 2.12. The number of rotatable bonds is 3. The first-order valence-electron chi connectivity index (χ1n) is 6.35. The third-order valence-electron chi connectivity index (χ3n) is 3.52. The van der Waals surface area contributed by atoms with Gasteiger partial charge in [0.05, 0.1) is 11.6 Å². The van der Waals surface area contributed by atoms with E-state index in [1.54, 1.807) is 6.07 Å². The standard InChI is InChI=1S/C14H16F2N2O/c1-9(11-2-4-19-5-3-11)18-14-12(15)6-10(8-17)7-13(14)16/h6-7,9,11,18H,2-5H2,1H3. The Labute approximate surface area is 111 Å². The number of hydrogen-bond donors (Lipinski definition) is 1. The van der Waals surface area contributed by atoms with Gasteiger partial charge in [0.1, 0.15) is 5.69 Å². The van der Waals surface area contributed by atoms with Crippen molar-refractivity contribution in [2.45, 2.75) is 25.8 Å². The molecule has 1 heterocycles. The Bertz CT molecular complexity index is 470. The molecule has 0 bridgehead atoms. The highest BCUT2D eigenvalue weighted by Gasteiger charge is 2.22. The maximum atomic E-state index is 13.7. The number of nitriles is 1. The maximum absolute atomic E-state index is 13.7. The Morgan fingerprint density at radius 1 is 1.32 bits per heavy atom. The minimum atomic E-state index is -0.726. The molecule has 19 heavy (non-hydrogen) atoms. The number of ether oxygens (including phenoxy) is 1. The molecule has 102 valence electrons. The van der Waals surface area contributed by atoms with Gasteiger partial charge in [0.2, 0.25) is 0 Å². The molecule has 0 spiro atoms. The number of anilines is 1. The number of halogens is 2. The lowest BCUT2D eigenvalue weighted by atomic mass is 9.92. The molecule has 0 amide bonds. The van der Waals surface area contributed by atoms with E-state index in [0.717, 1.165) is 25.0 Å². The largest absolute Gasteiger partial charge is 0.381 e. The average Bonchev–Trinajstić information content (AvgIpc) is 2.43. The fourth-order valence-electron chi connectivity index (χ4n) is 2.34. The molecule has 1 unspecified atom stereocenters. The van der Waals surface area contributed by atoms with Crippen LogP contribution < -0.4 is 5.32 Å². The van der Waals surface area contributed by atoms with Gasteiger partial charge in [0.25, 0.3) is 0 Å². The van der Waals surface area contributed by atoms with Crippen LogP contribution in [0.4, 0.5) is 14.5 Å². The number of nitrogens with zero attached hydrogens (tertiary/aromatic N) is 1. The zero-order valence-corrected chi connectivity index (χ0v) is 10.7. The number of benzene rings is 1. The maximum Gasteiger partial charge on any atom is 0.150 e. The lowest BCUT2D eigenvalue weighted by molar-refractivity contribution is 0.0622. The molecule has 1 aliphatic heterocycles. The van der Waals surface area contributed by atoms with Gasteiger partial charge in [-0.25, -0.2) is 8.78 Å². The zero-order chi connectivity index (χ0) is 13.8. The van der Waals surface area contributed by atoms with Crippen molar-refractivity contribution < 1.29 is 13.5 Å². The van der Waals surface area contributed by atoms with Crippen LogP contribution >= 0.6 is 0 Å². The monoisotopic (exact) mass is 266 g/mol. The third-order valence-corrected chi connectivity index (χ3v) is 3.52. The van der Waals surface area contributed by atoms with Crippen molar-refractivity contribution in [1.29, 1.82) is 5.26 Å². The second kappa shape index (κ2) is 5.98. The van der Waals surface area contributed by atoms with Gasteiger partial charge in [-0.3, -0.25) is 0 Å². The molecule has 1 fully saturated rings. The smallest absolute Gasteiger partial charge is 0.150 e. The van der Waals surface area contributed by atoms with E-state index < -0.39 is 11.6 Å². The van der Waals surface area contributed by atoms with Crippen molar-refractivity contribution in [3.05, 3.63) is 29.3 Å². The van der Waals surface area contributed by atoms with Crippen molar-refractivity contribution >= 4 is 5.69 Å². The van der Waals surface area contributed by atoms with Gasteiger partial charge in [0.15, 0.2) is 11.6 Å². The van der Waals surface area contributed by atoms with E-state index in [9.17, 15) is 8.78 Å². The average molecular weight is 266 g/mol. The van der Waals surface area contributed by atoms with E-state index in [0.29, 0.717) is 19.1 Å². The first-order valence-corrected chi connectivity index (χ1v) is 6.35. The summed E-state index contributed by atoms with van der Waals surface area (Å²) >= 11 is 0. The van der Waals surface area contributed by atoms with Gasteiger partial charge in [-0.2, -0.15) is 5.26 Å². The molecule has 0 aromatic heterocycles. The molecule has 2 rings (SSSR count). The van der Waals surface area contributed by atoms with Gasteiger partial charge in [-0.05, 0) is 37.8 Å². The zero-order valence-electron chi connectivity index (χ0n) is 10.7. The van der Waals surface area contributed by atoms with Gasteiger partial charge >= 0.3 is 0 Å². The van der Waals surface area contributed by atoms with Gasteiger partial charge < -0.3 is 10.1 Å². The summed E-state index contributed by atoms with van der Waals surface area (Å²) in [6.07, 6.45) is 1.77. The van der Waals surface area contributed by atoms with Gasteiger partial charge in [-0.1, -0.05) is 0 Å². The molecule has 1 saturated heterocycles. The summed E-state index contributed by atoms with van der Waals surface area (Å²) < 4.78 is 32.8. The van der Waals surface area contributed by atoms with E-state index in [1.807, 2.05) is 6.92 Å². The Hall–Kier alpha value is -1.67. The SMILES string of the molecule is CC(Nc1c(F)cc(C#N)cc1F)C1CCOCC1. The van der Waals surface area contributed by atoms with Crippen LogP contribution in [-0.2, 0) is 4.74 Å². The van der Waals surface area contributed by atoms with Crippen molar-refractivity contribution in [2.75, 3.05) is 18.5 Å². The normalized spacial score (nSPS) is 17.8. The molecule has 5 heteroatoms. The summed E-state index contributed by atoms with van der Waals surface area (Å²) in [5.74, 6) is -1.12. The van der Waals surface area contributed by atoms with Crippen LogP contribution in [0.25, 0.3) is 0 Å². The van der Waals surface area contributed by atoms with E-state index >= 15 is 0 Å². The number of hydrogen-bond acceptors (Lipinski definition) is 3. The van der Waals surface area contributed by atoms with Crippen molar-refractivity contribution in [2.24, 2.45) is 5.92 Å². The molecule has 0 saturated carbocycles. The molecule has 1 aromatic rings.